The number of nitriles is 2. The molecule has 8 N–H and O–H groups in total. The van der Waals surface area contributed by atoms with Gasteiger partial charge in [-0.3, -0.25) is 38.2 Å². The average Bonchev–Trinajstić information content (AvgIpc) is 1.62. The van der Waals surface area contributed by atoms with Crippen LogP contribution in [0.3, 0.4) is 0 Å². The van der Waals surface area contributed by atoms with Gasteiger partial charge in [-0.05, 0) is 289 Å². The molecule has 16 atom stereocenters. The van der Waals surface area contributed by atoms with Crippen molar-refractivity contribution >= 4 is 79.1 Å². The first-order valence-electron chi connectivity index (χ1n) is 53.5. The van der Waals surface area contributed by atoms with Crippen LogP contribution in [0.25, 0.3) is 0 Å². The van der Waals surface area contributed by atoms with Gasteiger partial charge in [-0.2, -0.15) is 18.9 Å². The third-order valence-corrected chi connectivity index (χ3v) is 33.1. The van der Waals surface area contributed by atoms with E-state index in [2.05, 4.69) is 144 Å². The largest absolute Gasteiger partial charge is 1.00 e. The minimum absolute atomic E-state index is 0. The Morgan fingerprint density at radius 2 is 0.824 bits per heavy atom. The Hall–Kier alpha value is -1.87. The molecule has 9 aliphatic heterocycles. The molecule has 15 fully saturated rings. The van der Waals surface area contributed by atoms with E-state index in [4.69, 9.17) is 66.2 Å². The van der Waals surface area contributed by atoms with Gasteiger partial charge in [0, 0.05) is 223 Å². The van der Waals surface area contributed by atoms with Crippen LogP contribution in [0.2, 0.25) is 0 Å². The molecule has 3 amide bonds. The van der Waals surface area contributed by atoms with Crippen LogP contribution in [0, 0.1) is 70.0 Å². The number of amides is 3. The Labute approximate surface area is 922 Å². The Morgan fingerprint density at radius 1 is 0.500 bits per heavy atom. The molecule has 31 nitrogen and oxygen atoms in total. The number of piperidine rings is 4. The van der Waals surface area contributed by atoms with Crippen LogP contribution >= 0.6 is 30.1 Å². The van der Waals surface area contributed by atoms with E-state index in [1.165, 1.54) is 226 Å². The second-order valence-corrected chi connectivity index (χ2v) is 55.8. The van der Waals surface area contributed by atoms with Gasteiger partial charge in [-0.25, -0.2) is 18.0 Å². The molecule has 15 rings (SSSR count). The van der Waals surface area contributed by atoms with Crippen molar-refractivity contribution in [2.45, 2.75) is 421 Å². The van der Waals surface area contributed by atoms with E-state index in [-0.39, 0.29) is 102 Å². The van der Waals surface area contributed by atoms with Crippen molar-refractivity contribution in [1.29, 1.82) is 15.8 Å². The van der Waals surface area contributed by atoms with Crippen molar-refractivity contribution < 1.29 is 131 Å². The van der Waals surface area contributed by atoms with E-state index in [9.17, 15) is 45.9 Å². The van der Waals surface area contributed by atoms with Gasteiger partial charge in [-0.1, -0.05) is 84.5 Å². The number of nitrogens with one attached hydrogen (secondary N) is 4. The maximum Gasteiger partial charge on any atom is 1.00 e. The van der Waals surface area contributed by atoms with E-state index >= 15 is 0 Å². The maximum atomic E-state index is 12.6. The van der Waals surface area contributed by atoms with Crippen molar-refractivity contribution in [3.63, 3.8) is 0 Å². The summed E-state index contributed by atoms with van der Waals surface area (Å²) in [5.74, 6) is 2.54. The molecule has 0 radical (unpaired) electrons. The zero-order valence-corrected chi connectivity index (χ0v) is 100. The number of rotatable bonds is 19. The van der Waals surface area contributed by atoms with Gasteiger partial charge in [0.1, 0.15) is 17.0 Å². The third-order valence-electron chi connectivity index (χ3n) is 32.5. The molecule has 6 aliphatic carbocycles. The summed E-state index contributed by atoms with van der Waals surface area (Å²) in [6.07, 6.45) is 45.4. The topological polar surface area (TPSA) is 396 Å². The van der Waals surface area contributed by atoms with Crippen LogP contribution in [-0.4, -0.2) is 347 Å². The molecule has 9 heterocycles. The van der Waals surface area contributed by atoms with E-state index in [1.807, 2.05) is 20.8 Å². The molecular formula is C104H191Cl3KN17O14S2Zn. The number of carboxylic acids is 1. The number of carbonyl (C=O) groups excluding carboxylic acids is 4. The predicted octanol–water partition coefficient (Wildman–Crippen LogP) is 12.7. The van der Waals surface area contributed by atoms with Gasteiger partial charge in [0.15, 0.2) is 0 Å². The van der Waals surface area contributed by atoms with Crippen molar-refractivity contribution in [1.82, 2.24) is 65.4 Å². The molecule has 15 aliphatic rings. The van der Waals surface area contributed by atoms with Crippen molar-refractivity contribution in [2.24, 2.45) is 41.2 Å². The molecule has 38 heteroatoms. The number of halogens is 3. The van der Waals surface area contributed by atoms with Gasteiger partial charge in [0.2, 0.25) is 15.0 Å². The molecule has 142 heavy (non-hydrogen) atoms. The number of aliphatic hydroxyl groups is 1. The molecule has 4 unspecified atom stereocenters. The predicted molar refractivity (Wildman–Crippen MR) is 562 cm³/mol. The van der Waals surface area contributed by atoms with Gasteiger partial charge < -0.3 is 83.0 Å². The summed E-state index contributed by atoms with van der Waals surface area (Å²) < 4.78 is 56.2. The number of ether oxygens (including phenoxy) is 2. The van der Waals surface area contributed by atoms with Gasteiger partial charge in [-0.15, -0.1) is 0 Å². The zero-order chi connectivity index (χ0) is 104. The summed E-state index contributed by atoms with van der Waals surface area (Å²) in [4.78, 5) is 81.0. The van der Waals surface area contributed by atoms with Crippen molar-refractivity contribution in [2.75, 3.05) is 159 Å². The number of ketones is 1. The zero-order valence-electron chi connectivity index (χ0n) is 90.1. The SMILES string of the molecule is C.CC(C)(C)OC(=O)N[C@H]1CCCC[C@@H]1CO.CC(C)(C)OC(=O)N[C@H]1CCCC[C@@H]1COS(C)(=O)=O.CN1CCC(C)(N2CCC(=O)CC2)C1.CN1CCC(C)(N2CCC(N3C(=O)C[C@H]4CCCC[C@@H]43)CC2)C1.CN1CCC(C)(N2CCC(N[C@H]3CCCC[C@@H]3CC#N)CC2)C1.CN1CCC(C)(N2CCC(N[C@H]3CCCC[C@@H]3CC(=O)O)CC2)C1.CS(=O)(=O)Cl.N#CC[C@H]1CCCC[C@@H]1N.[C-]#N.[Cl][Zn][Cl].[K+]. The van der Waals surface area contributed by atoms with Crippen LogP contribution in [0.1, 0.15) is 333 Å². The van der Waals surface area contributed by atoms with Gasteiger partial charge >= 0.3 is 104 Å². The van der Waals surface area contributed by atoms with Crippen LogP contribution in [-0.2, 0) is 62.4 Å². The standard InChI is InChI=1S/C19H34N4.C19H35N3O2.C19H33N3O.C13H25NO5S.C12H23NO3.C11H20N2O.C8H14N2.CH3ClO2S.CN.CH4.2ClH.K.Zn/c1-19(10-14-22(2)15-19)23-12-8-17(9-13-23)21-18-6-4-3-5-16(18)7-11-20;1-19(9-12-21(2)14-19)22-10-7-16(8-11-22)20-17-6-4-3-5-15(17)13-18(23)24;1-19(9-12-20(2)14-19)21-10-7-16(8-11-21)22-17-6-4-3-5-15(17)13-18(22)23;1-13(2,3)19-12(15)14-11-8-6-5-7-10(11)9-18-20(4,16)17;1-12(2,3)16-11(15)13-10-7-5-4-6-9(10)8-14;1-11(5-8-12(2)9-11)13-6-3-10(14)4-7-13;9-6-5-7-3-1-2-4-8(7)10;1-5(2,3)4;1-2;;;;;/h16-18,21H,3-10,12-15H2,1-2H3;15-17,20H,3-14H2,1-2H3,(H,23,24);15-17H,3-14H2,1-2H3;10-11H,5-9H2,1-4H3,(H,14,15);9-10,14H,4-8H2,1-3H3,(H,13,15);3-9H2,1-2H3;7-8H,1-5,10H2;1H3;;1H4;2*1H;;/q;;;;;;;;-1;;;;+1;+2/p-2/t16-,18+,19?;2*15-,17+,19?;10-,11+;9-,10+;;7-,8+;;;;;;;/m11111.1......./s1. The number of hydrogen-bond acceptors (Lipinski definition) is 27. The van der Waals surface area contributed by atoms with E-state index in [1.54, 1.807) is 20.8 Å². The molecule has 0 spiro atoms. The number of likely N-dealkylation sites (N-methyl/N-ethyl adjacent to an activating group) is 4. The molecule has 0 aromatic carbocycles. The Balaban J connectivity index is 0.000000343. The number of carboxylic acid groups (broad SMARTS) is 1. The fraction of sp³-hybridized carbons (Fsp3) is 0.923. The number of aliphatic carboxylic acids is 1. The smallest absolute Gasteiger partial charge is 1.00 e. The fourth-order valence-electron chi connectivity index (χ4n) is 24.9. The monoisotopic (exact) mass is 2170 g/mol. The number of likely N-dealkylation sites (tertiary alicyclic amines) is 9. The van der Waals surface area contributed by atoms with Crippen molar-refractivity contribution in [3.8, 4) is 12.1 Å². The van der Waals surface area contributed by atoms with Gasteiger partial charge in [0.05, 0.1) is 31.3 Å². The number of Topliss-reactive ketones (excluding diaryl/α,β-unsaturated/α-hetero) is 1. The quantitative estimate of drug-likeness (QED) is 0.0273. The summed E-state index contributed by atoms with van der Waals surface area (Å²) in [5.41, 5.74) is 6.25. The average molecular weight is 2180 g/mol. The molecular weight excluding hydrogens is 1990 g/mol. The van der Waals surface area contributed by atoms with Crippen molar-refractivity contribution in [3.05, 3.63) is 6.57 Å². The number of carbonyl (C=O) groups is 5. The Kier molecular flexibility index (Phi) is 61.2. The fourth-order valence-corrected chi connectivity index (χ4v) is 25.3. The molecule has 812 valence electrons. The summed E-state index contributed by atoms with van der Waals surface area (Å²) in [7, 11) is 16.7. The van der Waals surface area contributed by atoms with Crippen LogP contribution < -0.4 is 78.4 Å². The van der Waals surface area contributed by atoms with Crippen LogP contribution in [0.15, 0.2) is 0 Å². The molecule has 0 bridgehead atoms. The molecule has 0 aromatic rings. The third kappa shape index (κ3) is 48.2. The van der Waals surface area contributed by atoms with Crippen LogP contribution in [0.4, 0.5) is 9.59 Å². The van der Waals surface area contributed by atoms with E-state index in [0.29, 0.717) is 113 Å². The number of aliphatic hydroxyl groups excluding tert-OH is 1. The number of nitrogens with zero attached hydrogens (tertiary/aromatic N) is 12. The second kappa shape index (κ2) is 65.6. The summed E-state index contributed by atoms with van der Waals surface area (Å²) >= 11 is -0.931. The summed E-state index contributed by atoms with van der Waals surface area (Å²) in [6, 6.07) is 8.21. The molecule has 0 aromatic heterocycles. The van der Waals surface area contributed by atoms with E-state index < -0.39 is 57.6 Å². The minimum atomic E-state index is -3.45. The van der Waals surface area contributed by atoms with Gasteiger partial charge in [0.25, 0.3) is 10.1 Å². The van der Waals surface area contributed by atoms with Crippen LogP contribution in [0.5, 0.6) is 0 Å². The second-order valence-electron chi connectivity index (χ2n) is 46.5. The van der Waals surface area contributed by atoms with E-state index in [0.717, 1.165) is 135 Å². The number of alkyl carbamates (subject to hydrolysis) is 2. The minimum Gasteiger partial charge on any atom is 1.00 e. The number of fused-ring (bicyclic) bond motifs is 1. The Morgan fingerprint density at radius 3 is 1.19 bits per heavy atom. The first kappa shape index (κ1) is 132. The summed E-state index contributed by atoms with van der Waals surface area (Å²) in [5, 5.41) is 55.6. The Bertz CT molecular complexity index is 4000. The first-order valence-corrected chi connectivity index (χ1v) is 65.8. The maximum absolute atomic E-state index is 12.6. The first-order chi connectivity index (χ1) is 66.0. The number of nitrogens with two attached hydrogens (primary N) is 1. The molecule has 6 saturated carbocycles. The molecule has 9 saturated heterocycles. The normalized spacial score (nSPS) is 31.8. The summed E-state index contributed by atoms with van der Waals surface area (Å²) in [6.45, 7) is 44.4. The number of hydrogen-bond donors (Lipinski definition) is 7.